The van der Waals surface area contributed by atoms with E-state index in [-0.39, 0.29) is 16.8 Å². The average Bonchev–Trinajstić information content (AvgIpc) is 2.90. The van der Waals surface area contributed by atoms with E-state index in [2.05, 4.69) is 77.3 Å². The molecule has 7 heteroatoms. The van der Waals surface area contributed by atoms with Gasteiger partial charge in [-0.3, -0.25) is 0 Å². The molecule has 1 aliphatic rings. The summed E-state index contributed by atoms with van der Waals surface area (Å²) in [5.74, 6) is 0. The maximum Gasteiger partial charge on any atom is 0.0318 e. The molecule has 1 saturated heterocycles. The van der Waals surface area contributed by atoms with Gasteiger partial charge in [0.15, 0.2) is 0 Å². The van der Waals surface area contributed by atoms with Crippen molar-refractivity contribution >= 4 is 33.3 Å². The molecule has 0 amide bonds. The number of nitrogens with zero attached hydrogens (tertiary/aromatic N) is 2. The standard InChI is InChI=1S/C14H34N2P2Si2.C5H5.Co/c1-15(2)11(19(5,6)7)13-17-14(18-13)12(16(3)4)20(8,9)10;1-2-4-5-3-1;/h11-12,17-18H,1-10H3;1-5H;/q-2;-1;. The largest absolute Gasteiger partial charge is 0.436 e. The summed E-state index contributed by atoms with van der Waals surface area (Å²) in [5.41, 5.74) is 1.54. The van der Waals surface area contributed by atoms with Crippen molar-refractivity contribution in [3.8, 4) is 0 Å². The van der Waals surface area contributed by atoms with E-state index in [0.29, 0.717) is 0 Å². The van der Waals surface area contributed by atoms with Crippen molar-refractivity contribution in [3.63, 3.8) is 0 Å². The van der Waals surface area contributed by atoms with Crippen LogP contribution in [-0.2, 0) is 16.8 Å². The van der Waals surface area contributed by atoms with E-state index in [1.807, 2.05) is 41.1 Å². The third kappa shape index (κ3) is 8.21. The minimum Gasteiger partial charge on any atom is -0.436 e. The van der Waals surface area contributed by atoms with Crippen LogP contribution in [0.2, 0.25) is 39.3 Å². The predicted octanol–water partition coefficient (Wildman–Crippen LogP) is 5.35. The van der Waals surface area contributed by atoms with Gasteiger partial charge in [-0.1, -0.05) is 39.3 Å². The van der Waals surface area contributed by atoms with Gasteiger partial charge in [-0.2, -0.15) is 18.2 Å². The molecule has 0 aromatic heterocycles. The third-order valence-corrected chi connectivity index (χ3v) is 14.0. The smallest absolute Gasteiger partial charge is 0.0318 e. The maximum atomic E-state index is 2.51. The maximum absolute atomic E-state index is 2.51. The third-order valence-electron chi connectivity index (χ3n) is 4.31. The normalized spacial score (nSPS) is 20.5. The first-order valence-corrected chi connectivity index (χ1v) is 18.3. The van der Waals surface area contributed by atoms with E-state index in [0.717, 1.165) is 28.5 Å². The van der Waals surface area contributed by atoms with Crippen molar-refractivity contribution in [2.75, 3.05) is 28.2 Å². The van der Waals surface area contributed by atoms with E-state index < -0.39 is 16.1 Å². The topological polar surface area (TPSA) is 6.48 Å². The average molecular weight is 473 g/mol. The molecule has 0 aliphatic carbocycles. The van der Waals surface area contributed by atoms with E-state index in [4.69, 9.17) is 0 Å². The number of rotatable bonds is 6. The molecule has 1 aliphatic heterocycles. The summed E-state index contributed by atoms with van der Waals surface area (Å²) < 4.78 is 0. The van der Waals surface area contributed by atoms with Crippen LogP contribution in [0.4, 0.5) is 0 Å². The van der Waals surface area contributed by atoms with Gasteiger partial charge in [0.1, 0.15) is 0 Å². The van der Waals surface area contributed by atoms with Crippen LogP contribution >= 0.6 is 17.2 Å². The summed E-state index contributed by atoms with van der Waals surface area (Å²) >= 11 is 0. The van der Waals surface area contributed by atoms with Gasteiger partial charge in [-0.25, -0.2) is 12.1 Å². The molecular weight excluding hydrogens is 433 g/mol. The molecule has 0 N–H and O–H groups in total. The molecule has 1 aromatic rings. The Labute approximate surface area is 179 Å². The molecule has 0 bridgehead atoms. The van der Waals surface area contributed by atoms with Crippen LogP contribution in [0.25, 0.3) is 0 Å². The molecule has 1 aromatic carbocycles. The molecule has 2 nitrogen and oxygen atoms in total. The fourth-order valence-electron chi connectivity index (χ4n) is 3.82. The first-order valence-electron chi connectivity index (χ1n) is 9.13. The summed E-state index contributed by atoms with van der Waals surface area (Å²) in [6.07, 6.45) is 0. The minimum absolute atomic E-state index is 0. The molecule has 155 valence electrons. The summed E-state index contributed by atoms with van der Waals surface area (Å²) in [7, 11) is 8.87. The number of hydrogen-bond donors (Lipinski definition) is 0. The summed E-state index contributed by atoms with van der Waals surface area (Å²) in [5, 5.41) is 3.71. The van der Waals surface area contributed by atoms with Crippen molar-refractivity contribution in [2.45, 2.75) is 50.6 Å². The first-order chi connectivity index (χ1) is 11.4. The van der Waals surface area contributed by atoms with E-state index >= 15 is 0 Å². The summed E-state index contributed by atoms with van der Waals surface area (Å²) in [6, 6.07) is 10.0. The summed E-state index contributed by atoms with van der Waals surface area (Å²) in [4.78, 5) is 4.97. The fourth-order valence-corrected chi connectivity index (χ4v) is 18.1. The molecule has 0 spiro atoms. The SMILES string of the molecule is CN(C)C([C-]1P[C-](C(N(C)C)[Si](C)(C)C)P1)[Si](C)(C)C.[Co].c1cc[cH-]c1. The van der Waals surface area contributed by atoms with Gasteiger partial charge in [-0.05, 0) is 28.2 Å². The monoisotopic (exact) mass is 472 g/mol. The van der Waals surface area contributed by atoms with E-state index in [9.17, 15) is 0 Å². The molecule has 2 rings (SSSR count). The molecule has 0 saturated carbocycles. The van der Waals surface area contributed by atoms with Gasteiger partial charge < -0.3 is 37.8 Å². The van der Waals surface area contributed by atoms with Crippen LogP contribution < -0.4 is 0 Å². The van der Waals surface area contributed by atoms with E-state index in [1.165, 1.54) is 0 Å². The van der Waals surface area contributed by atoms with Gasteiger partial charge in [0.25, 0.3) is 0 Å². The van der Waals surface area contributed by atoms with Crippen molar-refractivity contribution in [1.29, 1.82) is 0 Å². The Morgan fingerprint density at radius 3 is 1.19 bits per heavy atom. The molecule has 2 unspecified atom stereocenters. The van der Waals surface area contributed by atoms with Gasteiger partial charge in [-0.15, -0.1) is 11.3 Å². The molecule has 1 fully saturated rings. The van der Waals surface area contributed by atoms with Crippen molar-refractivity contribution < 1.29 is 16.8 Å². The van der Waals surface area contributed by atoms with Gasteiger partial charge in [0.05, 0.1) is 0 Å². The Hall–Kier alpha value is 1.07. The second-order valence-corrected chi connectivity index (χ2v) is 23.7. The van der Waals surface area contributed by atoms with Crippen LogP contribution in [-0.4, -0.2) is 65.5 Å². The van der Waals surface area contributed by atoms with Crippen LogP contribution in [0.15, 0.2) is 30.3 Å². The van der Waals surface area contributed by atoms with Gasteiger partial charge in [0.2, 0.25) is 0 Å². The zero-order chi connectivity index (χ0) is 19.4. The quantitative estimate of drug-likeness (QED) is 0.313. The molecule has 1 radical (unpaired) electrons. The van der Waals surface area contributed by atoms with Crippen LogP contribution in [0.3, 0.4) is 0 Å². The Bertz CT molecular complexity index is 431. The van der Waals surface area contributed by atoms with Crippen molar-refractivity contribution in [3.05, 3.63) is 41.1 Å². The molecule has 1 heterocycles. The Balaban J connectivity index is 0.000000893. The molecule has 26 heavy (non-hydrogen) atoms. The Morgan fingerprint density at radius 2 is 1.04 bits per heavy atom. The van der Waals surface area contributed by atoms with Gasteiger partial charge >= 0.3 is 0 Å². The van der Waals surface area contributed by atoms with Crippen LogP contribution in [0, 0.1) is 10.8 Å². The molecular formula is C19H39CoN2P2Si2-3. The summed E-state index contributed by atoms with van der Waals surface area (Å²) in [6.45, 7) is 15.1. The Morgan fingerprint density at radius 1 is 0.731 bits per heavy atom. The zero-order valence-electron chi connectivity index (χ0n) is 18.3. The predicted molar refractivity (Wildman–Crippen MR) is 127 cm³/mol. The first kappa shape index (κ1) is 27.1. The second kappa shape index (κ2) is 11.3. The van der Waals surface area contributed by atoms with Crippen LogP contribution in [0.5, 0.6) is 0 Å². The molecule has 2 atom stereocenters. The number of hydrogen-bond acceptors (Lipinski definition) is 2. The van der Waals surface area contributed by atoms with Crippen molar-refractivity contribution in [2.24, 2.45) is 0 Å². The second-order valence-electron chi connectivity index (χ2n) is 9.50. The van der Waals surface area contributed by atoms with Crippen LogP contribution in [0.1, 0.15) is 0 Å². The van der Waals surface area contributed by atoms with E-state index in [1.54, 1.807) is 0 Å². The fraction of sp³-hybridized carbons (Fsp3) is 0.632. The van der Waals surface area contributed by atoms with Gasteiger partial charge in [0, 0.05) is 32.9 Å². The zero-order valence-corrected chi connectivity index (χ0v) is 23.3. The van der Waals surface area contributed by atoms with Crippen molar-refractivity contribution in [1.82, 2.24) is 9.80 Å². The Kier molecular flexibility index (Phi) is 11.8. The minimum atomic E-state index is -1.13.